The summed E-state index contributed by atoms with van der Waals surface area (Å²) < 4.78 is 11.2. The summed E-state index contributed by atoms with van der Waals surface area (Å²) >= 11 is 6.73. The number of thiocarbonyl (C=S) groups is 1. The number of thioether (sulfide) groups is 1. The maximum absolute atomic E-state index is 12.9. The van der Waals surface area contributed by atoms with Gasteiger partial charge in [0.25, 0.3) is 5.91 Å². The Bertz CT molecular complexity index is 1110. The number of hydrogen-bond donors (Lipinski definition) is 1. The maximum atomic E-state index is 12.9. The van der Waals surface area contributed by atoms with Crippen LogP contribution in [0.5, 0.6) is 11.5 Å². The van der Waals surface area contributed by atoms with Gasteiger partial charge in [0.1, 0.15) is 4.32 Å². The second-order valence-electron chi connectivity index (χ2n) is 8.11. The third kappa shape index (κ3) is 6.61. The first kappa shape index (κ1) is 25.8. The Morgan fingerprint density at radius 2 is 1.79 bits per heavy atom. The van der Waals surface area contributed by atoms with Crippen LogP contribution in [0.3, 0.4) is 0 Å². The summed E-state index contributed by atoms with van der Waals surface area (Å²) in [7, 11) is 3.16. The van der Waals surface area contributed by atoms with Crippen molar-refractivity contribution in [1.29, 1.82) is 0 Å². The van der Waals surface area contributed by atoms with Gasteiger partial charge in [-0.25, -0.2) is 0 Å². The molecule has 1 aliphatic rings. The van der Waals surface area contributed by atoms with Gasteiger partial charge in [0.05, 0.1) is 19.1 Å². The van der Waals surface area contributed by atoms with Crippen molar-refractivity contribution >= 4 is 51.9 Å². The number of nitrogens with one attached hydrogen (secondary N) is 1. The molecule has 1 heterocycles. The average molecular weight is 499 g/mol. The lowest BCUT2D eigenvalue weighted by Gasteiger charge is -2.14. The van der Waals surface area contributed by atoms with Gasteiger partial charge in [0, 0.05) is 18.7 Å². The minimum absolute atomic E-state index is 0.00622. The van der Waals surface area contributed by atoms with Crippen molar-refractivity contribution in [2.45, 2.75) is 39.5 Å². The highest BCUT2D eigenvalue weighted by atomic mass is 32.2. The second-order valence-corrected chi connectivity index (χ2v) is 9.78. The molecule has 180 valence electrons. The standard InChI is InChI=1S/C26H30N2O4S2/c1-17-9-11-20(14-18(17)2)27-24(29)8-6-5-7-13-28-25(30)23(34-26(28)33)16-19-10-12-21(31-3)22(15-19)32-4/h9-12,14-16H,5-8,13H2,1-4H3,(H,27,29)/b23-16-. The van der Waals surface area contributed by atoms with Crippen molar-refractivity contribution in [2.75, 3.05) is 26.1 Å². The molecule has 2 aromatic carbocycles. The summed E-state index contributed by atoms with van der Waals surface area (Å²) in [5.41, 5.74) is 4.02. The van der Waals surface area contributed by atoms with Crippen LogP contribution in [0.1, 0.15) is 42.4 Å². The Morgan fingerprint density at radius 1 is 1.03 bits per heavy atom. The minimum Gasteiger partial charge on any atom is -0.493 e. The largest absolute Gasteiger partial charge is 0.493 e. The van der Waals surface area contributed by atoms with E-state index in [9.17, 15) is 9.59 Å². The van der Waals surface area contributed by atoms with Gasteiger partial charge in [-0.3, -0.25) is 14.5 Å². The number of carbonyl (C=O) groups is 2. The summed E-state index contributed by atoms with van der Waals surface area (Å²) in [6.07, 6.45) is 4.65. The van der Waals surface area contributed by atoms with Crippen LogP contribution in [0, 0.1) is 13.8 Å². The molecule has 0 aromatic heterocycles. The van der Waals surface area contributed by atoms with Gasteiger partial charge < -0.3 is 14.8 Å². The van der Waals surface area contributed by atoms with Gasteiger partial charge >= 0.3 is 0 Å². The number of anilines is 1. The molecule has 8 heteroatoms. The molecule has 0 unspecified atom stereocenters. The van der Waals surface area contributed by atoms with Gasteiger partial charge in [0.2, 0.25) is 5.91 Å². The van der Waals surface area contributed by atoms with E-state index in [-0.39, 0.29) is 11.8 Å². The van der Waals surface area contributed by atoms with E-state index in [0.29, 0.717) is 33.7 Å². The Hall–Kier alpha value is -2.84. The van der Waals surface area contributed by atoms with Gasteiger partial charge in [-0.05, 0) is 73.7 Å². The summed E-state index contributed by atoms with van der Waals surface area (Å²) in [5.74, 6) is 1.16. The predicted octanol–water partition coefficient (Wildman–Crippen LogP) is 5.72. The molecule has 0 bridgehead atoms. The minimum atomic E-state index is -0.0859. The Balaban J connectivity index is 1.46. The first-order valence-electron chi connectivity index (χ1n) is 11.2. The first-order chi connectivity index (χ1) is 16.3. The Kier molecular flexibility index (Phi) is 9.12. The highest BCUT2D eigenvalue weighted by Gasteiger charge is 2.31. The van der Waals surface area contributed by atoms with Crippen LogP contribution in [-0.2, 0) is 9.59 Å². The SMILES string of the molecule is COc1ccc(/C=C2\SC(=S)N(CCCCCC(=O)Nc3ccc(C)c(C)c3)C2=O)cc1OC. The molecular formula is C26H30N2O4S2. The van der Waals surface area contributed by atoms with Crippen LogP contribution in [-0.4, -0.2) is 41.8 Å². The molecule has 0 saturated carbocycles. The number of nitrogens with zero attached hydrogens (tertiary/aromatic N) is 1. The molecule has 0 aliphatic carbocycles. The van der Waals surface area contributed by atoms with Crippen molar-refractivity contribution in [2.24, 2.45) is 0 Å². The van der Waals surface area contributed by atoms with E-state index in [2.05, 4.69) is 5.32 Å². The third-order valence-corrected chi connectivity index (χ3v) is 7.03. The molecule has 1 saturated heterocycles. The molecule has 2 amide bonds. The molecule has 0 spiro atoms. The van der Waals surface area contributed by atoms with Crippen LogP contribution in [0.25, 0.3) is 6.08 Å². The number of benzene rings is 2. The molecule has 6 nitrogen and oxygen atoms in total. The highest BCUT2D eigenvalue weighted by Crippen LogP contribution is 2.34. The number of ether oxygens (including phenoxy) is 2. The van der Waals surface area contributed by atoms with Crippen LogP contribution < -0.4 is 14.8 Å². The van der Waals surface area contributed by atoms with Crippen LogP contribution in [0.15, 0.2) is 41.3 Å². The fourth-order valence-corrected chi connectivity index (χ4v) is 4.87. The van der Waals surface area contributed by atoms with E-state index < -0.39 is 0 Å². The van der Waals surface area contributed by atoms with E-state index in [1.807, 2.05) is 56.3 Å². The number of amides is 2. The van der Waals surface area contributed by atoms with E-state index in [0.717, 1.165) is 36.1 Å². The zero-order chi connectivity index (χ0) is 24.7. The Labute approximate surface area is 210 Å². The molecular weight excluding hydrogens is 468 g/mol. The number of carbonyl (C=O) groups excluding carboxylic acids is 2. The molecule has 1 N–H and O–H groups in total. The van der Waals surface area contributed by atoms with Crippen molar-refractivity contribution in [3.63, 3.8) is 0 Å². The molecule has 1 fully saturated rings. The molecule has 0 radical (unpaired) electrons. The third-order valence-electron chi connectivity index (χ3n) is 5.66. The zero-order valence-electron chi connectivity index (χ0n) is 20.0. The summed E-state index contributed by atoms with van der Waals surface area (Å²) in [5, 5.41) is 2.95. The Morgan fingerprint density at radius 3 is 2.50 bits per heavy atom. The highest BCUT2D eigenvalue weighted by molar-refractivity contribution is 8.26. The number of hydrogen-bond acceptors (Lipinski definition) is 6. The number of methoxy groups -OCH3 is 2. The van der Waals surface area contributed by atoms with Crippen LogP contribution in [0.4, 0.5) is 5.69 Å². The summed E-state index contributed by atoms with van der Waals surface area (Å²) in [6.45, 7) is 4.62. The van der Waals surface area contributed by atoms with E-state index in [1.54, 1.807) is 19.1 Å². The first-order valence-corrected chi connectivity index (χ1v) is 12.4. The van der Waals surface area contributed by atoms with Crippen molar-refractivity contribution < 1.29 is 19.1 Å². The average Bonchev–Trinajstić information content (AvgIpc) is 3.08. The van der Waals surface area contributed by atoms with Gasteiger partial charge in [-0.15, -0.1) is 0 Å². The predicted molar refractivity (Wildman–Crippen MR) is 142 cm³/mol. The second kappa shape index (κ2) is 12.0. The fraction of sp³-hybridized carbons (Fsp3) is 0.346. The van der Waals surface area contributed by atoms with E-state index in [1.165, 1.54) is 17.3 Å². The van der Waals surface area contributed by atoms with Crippen LogP contribution in [0.2, 0.25) is 0 Å². The maximum Gasteiger partial charge on any atom is 0.266 e. The lowest BCUT2D eigenvalue weighted by Crippen LogP contribution is -2.29. The molecule has 2 aromatic rings. The molecule has 1 aliphatic heterocycles. The van der Waals surface area contributed by atoms with Gasteiger partial charge in [-0.1, -0.05) is 42.5 Å². The smallest absolute Gasteiger partial charge is 0.266 e. The lowest BCUT2D eigenvalue weighted by atomic mass is 10.1. The number of rotatable bonds is 10. The quantitative estimate of drug-likeness (QED) is 0.257. The van der Waals surface area contributed by atoms with Crippen molar-refractivity contribution in [1.82, 2.24) is 4.90 Å². The van der Waals surface area contributed by atoms with E-state index >= 15 is 0 Å². The molecule has 0 atom stereocenters. The zero-order valence-corrected chi connectivity index (χ0v) is 21.6. The van der Waals surface area contributed by atoms with Crippen molar-refractivity contribution in [3.8, 4) is 11.5 Å². The monoisotopic (exact) mass is 498 g/mol. The summed E-state index contributed by atoms with van der Waals surface area (Å²) in [4.78, 5) is 27.3. The summed E-state index contributed by atoms with van der Waals surface area (Å²) in [6, 6.07) is 11.4. The molecule has 3 rings (SSSR count). The number of unbranched alkanes of at least 4 members (excludes halogenated alkanes) is 2. The van der Waals surface area contributed by atoms with E-state index in [4.69, 9.17) is 21.7 Å². The molecule has 34 heavy (non-hydrogen) atoms. The van der Waals surface area contributed by atoms with Crippen molar-refractivity contribution in [3.05, 3.63) is 58.0 Å². The topological polar surface area (TPSA) is 67.9 Å². The normalized spacial score (nSPS) is 14.6. The lowest BCUT2D eigenvalue weighted by molar-refractivity contribution is -0.122. The fourth-order valence-electron chi connectivity index (χ4n) is 3.56. The number of aryl methyl sites for hydroxylation is 2. The van der Waals surface area contributed by atoms with Gasteiger partial charge in [-0.2, -0.15) is 0 Å². The van der Waals surface area contributed by atoms with Crippen LogP contribution >= 0.6 is 24.0 Å². The van der Waals surface area contributed by atoms with Gasteiger partial charge in [0.15, 0.2) is 11.5 Å².